The maximum absolute atomic E-state index is 11.7. The molecule has 0 fully saturated rings. The Hall–Kier alpha value is -2.83. The van der Waals surface area contributed by atoms with Crippen LogP contribution >= 0.6 is 0 Å². The van der Waals surface area contributed by atoms with Crippen LogP contribution in [0.15, 0.2) is 41.2 Å². The number of benzene rings is 1. The van der Waals surface area contributed by atoms with Gasteiger partial charge >= 0.3 is 6.03 Å². The molecule has 0 spiro atoms. The Balaban J connectivity index is 1.69. The predicted molar refractivity (Wildman–Crippen MR) is 91.1 cm³/mol. The van der Waals surface area contributed by atoms with Crippen molar-refractivity contribution in [2.75, 3.05) is 13.7 Å². The zero-order chi connectivity index (χ0) is 17.4. The average molecular weight is 330 g/mol. The number of urea groups is 1. The number of ether oxygens (including phenoxy) is 1. The molecule has 2 aromatic rings. The van der Waals surface area contributed by atoms with E-state index in [1.807, 2.05) is 24.3 Å². The first kappa shape index (κ1) is 17.5. The second-order valence-corrected chi connectivity index (χ2v) is 5.48. The van der Waals surface area contributed by atoms with E-state index in [4.69, 9.17) is 4.74 Å². The number of hydrogen-bond acceptors (Lipinski definition) is 4. The topological polar surface area (TPSA) is 96.1 Å². The first-order valence-corrected chi connectivity index (χ1v) is 7.78. The van der Waals surface area contributed by atoms with Gasteiger partial charge in [-0.05, 0) is 36.1 Å². The maximum Gasteiger partial charge on any atom is 0.315 e. The van der Waals surface area contributed by atoms with Crippen LogP contribution in [0.25, 0.3) is 0 Å². The smallest absolute Gasteiger partial charge is 0.315 e. The predicted octanol–water partition coefficient (Wildman–Crippen LogP) is 1.77. The van der Waals surface area contributed by atoms with Gasteiger partial charge in [-0.25, -0.2) is 9.89 Å². The monoisotopic (exact) mass is 330 g/mol. The van der Waals surface area contributed by atoms with Crippen LogP contribution in [-0.4, -0.2) is 29.9 Å². The first-order valence-electron chi connectivity index (χ1n) is 7.78. The summed E-state index contributed by atoms with van der Waals surface area (Å²) in [5, 5.41) is 11.7. The van der Waals surface area contributed by atoms with Crippen molar-refractivity contribution in [3.63, 3.8) is 0 Å². The minimum Gasteiger partial charge on any atom is -0.497 e. The third-order valence-electron chi connectivity index (χ3n) is 3.71. The molecule has 1 unspecified atom stereocenters. The zero-order valence-electron chi connectivity index (χ0n) is 13.8. The van der Waals surface area contributed by atoms with Gasteiger partial charge in [0.2, 0.25) is 0 Å². The molecule has 0 saturated heterocycles. The van der Waals surface area contributed by atoms with Gasteiger partial charge in [-0.15, -0.1) is 0 Å². The van der Waals surface area contributed by atoms with Crippen molar-refractivity contribution in [1.82, 2.24) is 20.8 Å². The molecular weight excluding hydrogens is 308 g/mol. The number of nitrogens with zero attached hydrogens (tertiary/aromatic N) is 1. The van der Waals surface area contributed by atoms with Gasteiger partial charge in [-0.3, -0.25) is 4.79 Å². The summed E-state index contributed by atoms with van der Waals surface area (Å²) in [6.45, 7) is 2.94. The fraction of sp³-hybridized carbons (Fsp3) is 0.353. The maximum atomic E-state index is 11.7. The van der Waals surface area contributed by atoms with Crippen molar-refractivity contribution in [3.05, 3.63) is 58.0 Å². The van der Waals surface area contributed by atoms with Crippen molar-refractivity contribution in [2.24, 2.45) is 0 Å². The van der Waals surface area contributed by atoms with Crippen LogP contribution in [0, 0.1) is 0 Å². The summed E-state index contributed by atoms with van der Waals surface area (Å²) in [6, 6.07) is 10.6. The van der Waals surface area contributed by atoms with Crippen LogP contribution in [0.4, 0.5) is 4.79 Å². The van der Waals surface area contributed by atoms with Crippen LogP contribution in [0.3, 0.4) is 0 Å². The van der Waals surface area contributed by atoms with Gasteiger partial charge in [-0.1, -0.05) is 19.1 Å². The van der Waals surface area contributed by atoms with Crippen LogP contribution in [0.1, 0.15) is 30.5 Å². The highest BCUT2D eigenvalue weighted by Gasteiger charge is 2.07. The Labute approximate surface area is 140 Å². The summed E-state index contributed by atoms with van der Waals surface area (Å²) in [7, 11) is 1.64. The highest BCUT2D eigenvalue weighted by atomic mass is 16.5. The number of rotatable bonds is 7. The Kier molecular flexibility index (Phi) is 6.36. The molecule has 7 nitrogen and oxygen atoms in total. The lowest BCUT2D eigenvalue weighted by atomic mass is 9.98. The van der Waals surface area contributed by atoms with Crippen molar-refractivity contribution in [3.8, 4) is 5.75 Å². The Morgan fingerprint density at radius 1 is 1.21 bits per heavy atom. The van der Waals surface area contributed by atoms with Crippen LogP contribution < -0.4 is 20.9 Å². The summed E-state index contributed by atoms with van der Waals surface area (Å²) in [4.78, 5) is 22.6. The molecule has 2 amide bonds. The standard InChI is InChI=1S/C17H22N4O3/c1-12(13-3-6-15(24-2)7-4-13)9-10-18-17(23)19-11-14-5-8-16(22)21-20-14/h3-8,12H,9-11H2,1-2H3,(H,21,22)(H2,18,19,23). The van der Waals surface area contributed by atoms with E-state index in [9.17, 15) is 9.59 Å². The van der Waals surface area contributed by atoms with E-state index in [1.54, 1.807) is 13.2 Å². The first-order chi connectivity index (χ1) is 11.6. The van der Waals surface area contributed by atoms with E-state index in [2.05, 4.69) is 27.8 Å². The molecule has 0 bridgehead atoms. The normalized spacial score (nSPS) is 11.6. The number of methoxy groups -OCH3 is 1. The van der Waals surface area contributed by atoms with Gasteiger partial charge in [-0.2, -0.15) is 5.10 Å². The lowest BCUT2D eigenvalue weighted by Gasteiger charge is -2.13. The van der Waals surface area contributed by atoms with Crippen molar-refractivity contribution < 1.29 is 9.53 Å². The van der Waals surface area contributed by atoms with E-state index >= 15 is 0 Å². The summed E-state index contributed by atoms with van der Waals surface area (Å²) in [6.07, 6.45) is 0.830. The summed E-state index contributed by atoms with van der Waals surface area (Å²) in [5.41, 5.74) is 1.53. The van der Waals surface area contributed by atoms with Crippen LogP contribution in [-0.2, 0) is 6.54 Å². The zero-order valence-corrected chi connectivity index (χ0v) is 13.8. The highest BCUT2D eigenvalue weighted by molar-refractivity contribution is 5.73. The van der Waals surface area contributed by atoms with Gasteiger partial charge in [0.1, 0.15) is 5.75 Å². The molecule has 128 valence electrons. The van der Waals surface area contributed by atoms with Crippen molar-refractivity contribution in [2.45, 2.75) is 25.8 Å². The molecule has 3 N–H and O–H groups in total. The molecule has 2 rings (SSSR count). The third kappa shape index (κ3) is 5.42. The largest absolute Gasteiger partial charge is 0.497 e. The molecule has 1 aromatic heterocycles. The Morgan fingerprint density at radius 2 is 1.96 bits per heavy atom. The average Bonchev–Trinajstić information content (AvgIpc) is 2.61. The number of amides is 2. The fourth-order valence-corrected chi connectivity index (χ4v) is 2.21. The number of aromatic nitrogens is 2. The van der Waals surface area contributed by atoms with Gasteiger partial charge in [0.25, 0.3) is 5.56 Å². The Morgan fingerprint density at radius 3 is 2.58 bits per heavy atom. The van der Waals surface area contributed by atoms with E-state index in [-0.39, 0.29) is 18.1 Å². The molecular formula is C17H22N4O3. The Bertz CT molecular complexity index is 692. The third-order valence-corrected chi connectivity index (χ3v) is 3.71. The molecule has 1 heterocycles. The van der Waals surface area contributed by atoms with Gasteiger partial charge in [0.15, 0.2) is 0 Å². The highest BCUT2D eigenvalue weighted by Crippen LogP contribution is 2.21. The molecule has 1 atom stereocenters. The number of nitrogens with one attached hydrogen (secondary N) is 3. The van der Waals surface area contributed by atoms with Crippen LogP contribution in [0.5, 0.6) is 5.75 Å². The summed E-state index contributed by atoms with van der Waals surface area (Å²) < 4.78 is 5.14. The molecule has 0 aliphatic rings. The second kappa shape index (κ2) is 8.71. The van der Waals surface area contributed by atoms with E-state index in [0.29, 0.717) is 18.2 Å². The second-order valence-electron chi connectivity index (χ2n) is 5.48. The number of aromatic amines is 1. The molecule has 1 aromatic carbocycles. The van der Waals surface area contributed by atoms with Crippen LogP contribution in [0.2, 0.25) is 0 Å². The fourth-order valence-electron chi connectivity index (χ4n) is 2.21. The molecule has 24 heavy (non-hydrogen) atoms. The number of H-pyrrole nitrogens is 1. The summed E-state index contributed by atoms with van der Waals surface area (Å²) in [5.74, 6) is 1.16. The quantitative estimate of drug-likeness (QED) is 0.721. The van der Waals surface area contributed by atoms with Gasteiger partial charge in [0.05, 0.1) is 19.3 Å². The van der Waals surface area contributed by atoms with Crippen molar-refractivity contribution in [1.29, 1.82) is 0 Å². The summed E-state index contributed by atoms with van der Waals surface area (Å²) >= 11 is 0. The van der Waals surface area contributed by atoms with Gasteiger partial charge < -0.3 is 15.4 Å². The van der Waals surface area contributed by atoms with Crippen molar-refractivity contribution >= 4 is 6.03 Å². The molecule has 0 radical (unpaired) electrons. The van der Waals surface area contributed by atoms with E-state index < -0.39 is 0 Å². The minimum atomic E-state index is -0.268. The number of carbonyl (C=O) groups excluding carboxylic acids is 1. The number of carbonyl (C=O) groups is 1. The molecule has 0 aliphatic carbocycles. The number of hydrogen-bond donors (Lipinski definition) is 3. The molecule has 0 saturated carbocycles. The van der Waals surface area contributed by atoms with Gasteiger partial charge in [0, 0.05) is 12.6 Å². The lowest BCUT2D eigenvalue weighted by molar-refractivity contribution is 0.240. The molecule has 7 heteroatoms. The van der Waals surface area contributed by atoms with E-state index in [0.717, 1.165) is 12.2 Å². The van der Waals surface area contributed by atoms with E-state index in [1.165, 1.54) is 11.6 Å². The molecule has 0 aliphatic heterocycles. The minimum absolute atomic E-state index is 0.259. The lowest BCUT2D eigenvalue weighted by Crippen LogP contribution is -2.36. The SMILES string of the molecule is COc1ccc(C(C)CCNC(=O)NCc2ccc(=O)[nH]n2)cc1.